The molecule has 0 bridgehead atoms. The number of esters is 1. The molecule has 0 aliphatic heterocycles. The summed E-state index contributed by atoms with van der Waals surface area (Å²) < 4.78 is 5.09. The summed E-state index contributed by atoms with van der Waals surface area (Å²) in [4.78, 5) is 40.4. The van der Waals surface area contributed by atoms with E-state index in [4.69, 9.17) is 4.74 Å². The molecule has 1 saturated carbocycles. The molecular weight excluding hydrogens is 392 g/mol. The van der Waals surface area contributed by atoms with Crippen LogP contribution in [0.25, 0.3) is 0 Å². The molecule has 0 radical (unpaired) electrons. The molecule has 0 aromatic heterocycles. The summed E-state index contributed by atoms with van der Waals surface area (Å²) in [7, 11) is 1.75. The second-order valence-corrected chi connectivity index (χ2v) is 10.4. The maximum absolute atomic E-state index is 13.6. The lowest BCUT2D eigenvalue weighted by molar-refractivity contribution is -0.142. The molecule has 31 heavy (non-hydrogen) atoms. The number of amides is 2. The van der Waals surface area contributed by atoms with Crippen molar-refractivity contribution in [3.8, 4) is 0 Å². The van der Waals surface area contributed by atoms with Gasteiger partial charge in [0.15, 0.2) is 0 Å². The lowest BCUT2D eigenvalue weighted by atomic mass is 9.79. The highest BCUT2D eigenvalue weighted by molar-refractivity contribution is 5.90. The zero-order valence-electron chi connectivity index (χ0n) is 21.1. The number of nitrogens with one attached hydrogen (secondary N) is 1. The highest BCUT2D eigenvalue weighted by Crippen LogP contribution is 2.31. The molecule has 1 fully saturated rings. The first-order chi connectivity index (χ1) is 14.3. The van der Waals surface area contributed by atoms with Gasteiger partial charge in [-0.25, -0.2) is 4.79 Å². The van der Waals surface area contributed by atoms with Gasteiger partial charge in [-0.05, 0) is 43.9 Å². The van der Waals surface area contributed by atoms with E-state index in [9.17, 15) is 14.4 Å². The highest BCUT2D eigenvalue weighted by atomic mass is 16.5. The zero-order valence-corrected chi connectivity index (χ0v) is 21.1. The van der Waals surface area contributed by atoms with Gasteiger partial charge in [-0.3, -0.25) is 9.59 Å². The molecule has 2 amide bonds. The average molecular weight is 437 g/mol. The minimum absolute atomic E-state index is 0.0202. The van der Waals surface area contributed by atoms with Crippen LogP contribution in [0.15, 0.2) is 11.6 Å². The predicted octanol–water partition coefficient (Wildman–Crippen LogP) is 4.34. The maximum Gasteiger partial charge on any atom is 0.333 e. The van der Waals surface area contributed by atoms with Crippen LogP contribution in [-0.4, -0.2) is 48.4 Å². The Kier molecular flexibility index (Phi) is 10.2. The Balaban J connectivity index is 3.10. The Labute approximate surface area is 189 Å². The van der Waals surface area contributed by atoms with Gasteiger partial charge in [-0.1, -0.05) is 60.5 Å². The first kappa shape index (κ1) is 27.2. The van der Waals surface area contributed by atoms with Crippen LogP contribution in [0.2, 0.25) is 0 Å². The predicted molar refractivity (Wildman–Crippen MR) is 124 cm³/mol. The molecule has 2 unspecified atom stereocenters. The van der Waals surface area contributed by atoms with Gasteiger partial charge in [-0.15, -0.1) is 0 Å². The Morgan fingerprint density at radius 1 is 1.16 bits per heavy atom. The quantitative estimate of drug-likeness (QED) is 0.454. The van der Waals surface area contributed by atoms with Gasteiger partial charge >= 0.3 is 5.97 Å². The zero-order chi connectivity index (χ0) is 23.9. The number of hydrogen-bond donors (Lipinski definition) is 1. The molecular formula is C25H44N2O4. The number of likely N-dealkylation sites (N-methyl/N-ethyl adjacent to an activating group) is 1. The van der Waals surface area contributed by atoms with Gasteiger partial charge in [0, 0.05) is 18.5 Å². The minimum Gasteiger partial charge on any atom is -0.463 e. The fourth-order valence-electron chi connectivity index (χ4n) is 4.27. The lowest BCUT2D eigenvalue weighted by Crippen LogP contribution is -2.57. The van der Waals surface area contributed by atoms with Crippen LogP contribution in [-0.2, 0) is 19.1 Å². The Morgan fingerprint density at radius 2 is 1.74 bits per heavy atom. The van der Waals surface area contributed by atoms with Crippen LogP contribution in [0, 0.1) is 23.2 Å². The first-order valence-electron chi connectivity index (χ1n) is 11.7. The van der Waals surface area contributed by atoms with E-state index in [1.807, 2.05) is 34.6 Å². The van der Waals surface area contributed by atoms with Crippen LogP contribution < -0.4 is 5.32 Å². The van der Waals surface area contributed by atoms with Gasteiger partial charge in [-0.2, -0.15) is 0 Å². The highest BCUT2D eigenvalue weighted by Gasteiger charge is 2.39. The van der Waals surface area contributed by atoms with Gasteiger partial charge in [0.2, 0.25) is 11.8 Å². The number of ether oxygens (including phenoxy) is 1. The molecule has 6 heteroatoms. The van der Waals surface area contributed by atoms with E-state index in [1.54, 1.807) is 31.9 Å². The molecule has 0 spiro atoms. The summed E-state index contributed by atoms with van der Waals surface area (Å²) in [5.41, 5.74) is 0.0351. The number of hydrogen-bond acceptors (Lipinski definition) is 4. The summed E-state index contributed by atoms with van der Waals surface area (Å²) in [5.74, 6) is -0.151. The minimum atomic E-state index is -0.642. The molecule has 6 nitrogen and oxygen atoms in total. The molecule has 1 aliphatic carbocycles. The molecule has 0 saturated heterocycles. The molecule has 4 atom stereocenters. The lowest BCUT2D eigenvalue weighted by Gasteiger charge is -2.38. The average Bonchev–Trinajstić information content (AvgIpc) is 2.68. The summed E-state index contributed by atoms with van der Waals surface area (Å²) >= 11 is 0. The van der Waals surface area contributed by atoms with Crippen molar-refractivity contribution < 1.29 is 19.1 Å². The molecule has 0 heterocycles. The van der Waals surface area contributed by atoms with Crippen LogP contribution in [0.4, 0.5) is 0 Å². The van der Waals surface area contributed by atoms with Crippen molar-refractivity contribution in [2.24, 2.45) is 23.2 Å². The van der Waals surface area contributed by atoms with Crippen molar-refractivity contribution in [1.29, 1.82) is 0 Å². The van der Waals surface area contributed by atoms with Crippen LogP contribution in [0.1, 0.15) is 81.1 Å². The normalized spacial score (nSPS) is 21.9. The summed E-state index contributed by atoms with van der Waals surface area (Å²) in [6, 6.07) is -0.927. The SMILES string of the molecule is CCOC(=O)/C(C)=C/[C@H](C(C)C)N(C)C(=O)[C@@H](NC(=O)C1CCCCC1C)C(C)(C)C. The van der Waals surface area contributed by atoms with Gasteiger partial charge in [0.05, 0.1) is 12.6 Å². The third-order valence-corrected chi connectivity index (χ3v) is 6.34. The second kappa shape index (κ2) is 11.7. The van der Waals surface area contributed by atoms with Crippen molar-refractivity contribution in [1.82, 2.24) is 10.2 Å². The van der Waals surface area contributed by atoms with Crippen LogP contribution >= 0.6 is 0 Å². The fraction of sp³-hybridized carbons (Fsp3) is 0.800. The monoisotopic (exact) mass is 436 g/mol. The Bertz CT molecular complexity index is 663. The molecule has 1 aliphatic rings. The maximum atomic E-state index is 13.6. The fourth-order valence-corrected chi connectivity index (χ4v) is 4.27. The van der Waals surface area contributed by atoms with Crippen molar-refractivity contribution in [3.05, 3.63) is 11.6 Å². The van der Waals surface area contributed by atoms with Crippen LogP contribution in [0.5, 0.6) is 0 Å². The van der Waals surface area contributed by atoms with Gasteiger partial charge in [0.1, 0.15) is 6.04 Å². The standard InChI is InChI=1S/C25H44N2O4/c1-10-31-24(30)18(5)15-20(16(2)3)27(9)23(29)21(25(6,7)8)26-22(28)19-14-12-11-13-17(19)4/h15-17,19-21H,10-14H2,1-9H3,(H,26,28)/b18-15+/t17?,19?,20-,21-/m1/s1. The number of carbonyl (C=O) groups excluding carboxylic acids is 3. The Hall–Kier alpha value is -1.85. The number of rotatable bonds is 8. The summed E-state index contributed by atoms with van der Waals surface area (Å²) in [6.07, 6.45) is 5.95. The van der Waals surface area contributed by atoms with E-state index in [-0.39, 0.29) is 35.7 Å². The topological polar surface area (TPSA) is 75.7 Å². The van der Waals surface area contributed by atoms with Gasteiger partial charge in [0.25, 0.3) is 0 Å². The summed E-state index contributed by atoms with van der Waals surface area (Å²) in [5, 5.41) is 3.09. The van der Waals surface area contributed by atoms with Crippen molar-refractivity contribution in [2.75, 3.05) is 13.7 Å². The third-order valence-electron chi connectivity index (χ3n) is 6.34. The second-order valence-electron chi connectivity index (χ2n) is 10.4. The van der Waals surface area contributed by atoms with Crippen LogP contribution in [0.3, 0.4) is 0 Å². The first-order valence-corrected chi connectivity index (χ1v) is 11.7. The molecule has 1 N–H and O–H groups in total. The Morgan fingerprint density at radius 3 is 2.23 bits per heavy atom. The molecule has 0 aromatic rings. The smallest absolute Gasteiger partial charge is 0.333 e. The van der Waals surface area contributed by atoms with E-state index in [0.717, 1.165) is 25.7 Å². The van der Waals surface area contributed by atoms with Crippen molar-refractivity contribution in [3.63, 3.8) is 0 Å². The number of carbonyl (C=O) groups is 3. The van der Waals surface area contributed by atoms with E-state index >= 15 is 0 Å². The largest absolute Gasteiger partial charge is 0.463 e. The third kappa shape index (κ3) is 7.65. The van der Waals surface area contributed by atoms with Crippen molar-refractivity contribution in [2.45, 2.75) is 93.2 Å². The molecule has 178 valence electrons. The number of nitrogens with zero attached hydrogens (tertiary/aromatic N) is 1. The van der Waals surface area contributed by atoms with Gasteiger partial charge < -0.3 is 15.0 Å². The summed E-state index contributed by atoms with van der Waals surface area (Å²) in [6.45, 7) is 15.8. The van der Waals surface area contributed by atoms with E-state index < -0.39 is 11.5 Å². The van der Waals surface area contributed by atoms with E-state index in [1.165, 1.54) is 0 Å². The van der Waals surface area contributed by atoms with E-state index in [2.05, 4.69) is 12.2 Å². The molecule has 1 rings (SSSR count). The van der Waals surface area contributed by atoms with E-state index in [0.29, 0.717) is 18.1 Å². The van der Waals surface area contributed by atoms with Crippen molar-refractivity contribution >= 4 is 17.8 Å². The molecule has 0 aromatic carbocycles.